The van der Waals surface area contributed by atoms with E-state index in [9.17, 15) is 0 Å². The maximum absolute atomic E-state index is 5.30. The smallest absolute Gasteiger partial charge is 0.119 e. The highest BCUT2D eigenvalue weighted by Gasteiger charge is 2.51. The average molecular weight is 203 g/mol. The Balaban J connectivity index is 2.12. The van der Waals surface area contributed by atoms with E-state index in [0.717, 1.165) is 5.75 Å². The van der Waals surface area contributed by atoms with Gasteiger partial charge in [-0.2, -0.15) is 0 Å². The number of rotatable bonds is 1. The Morgan fingerprint density at radius 2 is 2.20 bits per heavy atom. The monoisotopic (exact) mass is 203 g/mol. The number of fused-ring (bicyclic) bond motifs is 2. The highest BCUT2D eigenvalue weighted by molar-refractivity contribution is 5.46. The van der Waals surface area contributed by atoms with E-state index in [2.05, 4.69) is 37.4 Å². The lowest BCUT2D eigenvalue weighted by atomic mass is 9.72. The van der Waals surface area contributed by atoms with Gasteiger partial charge in [0.05, 0.1) is 7.11 Å². The van der Waals surface area contributed by atoms with Crippen LogP contribution >= 0.6 is 0 Å². The molecule has 0 aromatic heterocycles. The third kappa shape index (κ3) is 1.21. The second-order valence-corrected chi connectivity index (χ2v) is 5.20. The summed E-state index contributed by atoms with van der Waals surface area (Å²) in [4.78, 5) is 0. The van der Waals surface area contributed by atoms with Crippen molar-refractivity contribution < 1.29 is 4.74 Å². The summed E-state index contributed by atoms with van der Waals surface area (Å²) in [6, 6.07) is 7.85. The van der Waals surface area contributed by atoms with Crippen LogP contribution < -0.4 is 10.1 Å². The zero-order valence-electron chi connectivity index (χ0n) is 9.50. The first-order chi connectivity index (χ1) is 7.13. The standard InChI is InChI=1S/C13H17NO/c1-13(2)10-7-9(15-3)5-4-8(10)6-11-12(13)14-11/h4-5,7,11-12,14H,6H2,1-3H3/t11-,12-/m0/s1. The molecule has 1 fully saturated rings. The zero-order chi connectivity index (χ0) is 10.6. The van der Waals surface area contributed by atoms with Crippen LogP contribution in [0.3, 0.4) is 0 Å². The van der Waals surface area contributed by atoms with Crippen molar-refractivity contribution in [2.24, 2.45) is 0 Å². The van der Waals surface area contributed by atoms with Gasteiger partial charge in [0.25, 0.3) is 0 Å². The van der Waals surface area contributed by atoms with Gasteiger partial charge in [-0.05, 0) is 29.7 Å². The molecule has 1 saturated heterocycles. The molecule has 15 heavy (non-hydrogen) atoms. The first-order valence-electron chi connectivity index (χ1n) is 5.56. The molecule has 0 spiro atoms. The molecule has 3 rings (SSSR count). The normalized spacial score (nSPS) is 30.3. The van der Waals surface area contributed by atoms with Gasteiger partial charge in [-0.25, -0.2) is 0 Å². The van der Waals surface area contributed by atoms with Gasteiger partial charge >= 0.3 is 0 Å². The lowest BCUT2D eigenvalue weighted by Crippen LogP contribution is -2.32. The van der Waals surface area contributed by atoms with Gasteiger partial charge in [0.15, 0.2) is 0 Å². The van der Waals surface area contributed by atoms with E-state index in [1.807, 2.05) is 0 Å². The van der Waals surface area contributed by atoms with E-state index in [1.165, 1.54) is 17.5 Å². The van der Waals surface area contributed by atoms with E-state index >= 15 is 0 Å². The fourth-order valence-corrected chi connectivity index (χ4v) is 2.93. The van der Waals surface area contributed by atoms with Crippen LogP contribution in [0.15, 0.2) is 18.2 Å². The van der Waals surface area contributed by atoms with Crippen molar-refractivity contribution in [1.29, 1.82) is 0 Å². The number of hydrogen-bond acceptors (Lipinski definition) is 2. The van der Waals surface area contributed by atoms with Gasteiger partial charge in [0.2, 0.25) is 0 Å². The van der Waals surface area contributed by atoms with E-state index in [-0.39, 0.29) is 5.41 Å². The predicted molar refractivity (Wildman–Crippen MR) is 60.4 cm³/mol. The Bertz CT molecular complexity index is 411. The fourth-order valence-electron chi connectivity index (χ4n) is 2.93. The van der Waals surface area contributed by atoms with E-state index in [4.69, 9.17) is 4.74 Å². The molecule has 2 heteroatoms. The summed E-state index contributed by atoms with van der Waals surface area (Å²) in [6.07, 6.45) is 1.17. The second kappa shape index (κ2) is 2.76. The molecule has 1 aliphatic carbocycles. The van der Waals surface area contributed by atoms with Gasteiger partial charge in [0.1, 0.15) is 5.75 Å². The van der Waals surface area contributed by atoms with Gasteiger partial charge in [-0.15, -0.1) is 0 Å². The molecular weight excluding hydrogens is 186 g/mol. The minimum Gasteiger partial charge on any atom is -0.497 e. The third-order valence-electron chi connectivity index (χ3n) is 3.92. The summed E-state index contributed by atoms with van der Waals surface area (Å²) in [6.45, 7) is 4.64. The van der Waals surface area contributed by atoms with Gasteiger partial charge in [-0.3, -0.25) is 0 Å². The average Bonchev–Trinajstić information content (AvgIpc) is 2.98. The first kappa shape index (κ1) is 9.22. The van der Waals surface area contributed by atoms with Crippen LogP contribution in [0, 0.1) is 0 Å². The molecule has 1 aromatic rings. The van der Waals surface area contributed by atoms with Crippen LogP contribution in [-0.4, -0.2) is 19.2 Å². The van der Waals surface area contributed by atoms with Crippen molar-refractivity contribution in [1.82, 2.24) is 5.32 Å². The van der Waals surface area contributed by atoms with Crippen LogP contribution in [-0.2, 0) is 11.8 Å². The Hall–Kier alpha value is -1.02. The van der Waals surface area contributed by atoms with Crippen molar-refractivity contribution in [2.45, 2.75) is 37.8 Å². The molecule has 0 unspecified atom stereocenters. The molecule has 0 amide bonds. The summed E-state index contributed by atoms with van der Waals surface area (Å²) in [5.74, 6) is 0.973. The van der Waals surface area contributed by atoms with E-state index in [0.29, 0.717) is 12.1 Å². The lowest BCUT2D eigenvalue weighted by molar-refractivity contribution is 0.409. The molecule has 0 radical (unpaired) electrons. The minimum absolute atomic E-state index is 0.243. The lowest BCUT2D eigenvalue weighted by Gasteiger charge is -2.31. The van der Waals surface area contributed by atoms with Crippen molar-refractivity contribution in [3.63, 3.8) is 0 Å². The summed E-state index contributed by atoms with van der Waals surface area (Å²) in [5, 5.41) is 3.56. The molecule has 0 bridgehead atoms. The molecule has 2 aliphatic rings. The fraction of sp³-hybridized carbons (Fsp3) is 0.538. The second-order valence-electron chi connectivity index (χ2n) is 5.20. The van der Waals surface area contributed by atoms with Gasteiger partial charge in [0, 0.05) is 17.5 Å². The highest BCUT2D eigenvalue weighted by atomic mass is 16.5. The van der Waals surface area contributed by atoms with Crippen LogP contribution in [0.4, 0.5) is 0 Å². The Labute approximate surface area is 90.6 Å². The topological polar surface area (TPSA) is 31.2 Å². The number of benzene rings is 1. The van der Waals surface area contributed by atoms with Crippen molar-refractivity contribution in [2.75, 3.05) is 7.11 Å². The van der Waals surface area contributed by atoms with Gasteiger partial charge in [-0.1, -0.05) is 19.9 Å². The summed E-state index contributed by atoms with van der Waals surface area (Å²) >= 11 is 0. The Morgan fingerprint density at radius 1 is 1.40 bits per heavy atom. The number of nitrogens with one attached hydrogen (secondary N) is 1. The molecule has 1 aromatic carbocycles. The largest absolute Gasteiger partial charge is 0.497 e. The highest BCUT2D eigenvalue weighted by Crippen LogP contribution is 2.44. The molecule has 1 N–H and O–H groups in total. The first-order valence-corrected chi connectivity index (χ1v) is 5.56. The van der Waals surface area contributed by atoms with Crippen LogP contribution in [0.2, 0.25) is 0 Å². The Kier molecular flexibility index (Phi) is 1.70. The van der Waals surface area contributed by atoms with Crippen LogP contribution in [0.1, 0.15) is 25.0 Å². The number of hydrogen-bond donors (Lipinski definition) is 1. The molecule has 80 valence electrons. The molecule has 2 nitrogen and oxygen atoms in total. The van der Waals surface area contributed by atoms with Crippen molar-refractivity contribution in [3.05, 3.63) is 29.3 Å². The predicted octanol–water partition coefficient (Wildman–Crippen LogP) is 1.87. The maximum atomic E-state index is 5.30. The van der Waals surface area contributed by atoms with Crippen molar-refractivity contribution in [3.8, 4) is 5.75 Å². The third-order valence-corrected chi connectivity index (χ3v) is 3.92. The molecule has 2 atom stereocenters. The molecule has 1 aliphatic heterocycles. The van der Waals surface area contributed by atoms with Crippen LogP contribution in [0.25, 0.3) is 0 Å². The quantitative estimate of drug-likeness (QED) is 0.706. The molecule has 0 saturated carbocycles. The molecule has 1 heterocycles. The Morgan fingerprint density at radius 3 is 2.93 bits per heavy atom. The zero-order valence-corrected chi connectivity index (χ0v) is 9.50. The van der Waals surface area contributed by atoms with E-state index in [1.54, 1.807) is 7.11 Å². The van der Waals surface area contributed by atoms with Crippen LogP contribution in [0.5, 0.6) is 5.75 Å². The van der Waals surface area contributed by atoms with E-state index < -0.39 is 0 Å². The summed E-state index contributed by atoms with van der Waals surface area (Å²) in [7, 11) is 1.73. The molecular formula is C13H17NO. The number of methoxy groups -OCH3 is 1. The van der Waals surface area contributed by atoms with Crippen molar-refractivity contribution >= 4 is 0 Å². The maximum Gasteiger partial charge on any atom is 0.119 e. The SMILES string of the molecule is COc1ccc2c(c1)C(C)(C)[C@H]1N[C@H]1C2. The van der Waals surface area contributed by atoms with Gasteiger partial charge < -0.3 is 10.1 Å². The summed E-state index contributed by atoms with van der Waals surface area (Å²) in [5.41, 5.74) is 3.17. The minimum atomic E-state index is 0.243. The number of ether oxygens (including phenoxy) is 1. The summed E-state index contributed by atoms with van der Waals surface area (Å²) < 4.78 is 5.30.